The molecule has 0 bridgehead atoms. The lowest BCUT2D eigenvalue weighted by Crippen LogP contribution is -2.40. The summed E-state index contributed by atoms with van der Waals surface area (Å²) >= 11 is 1.40. The van der Waals surface area contributed by atoms with Crippen LogP contribution in [0.3, 0.4) is 0 Å². The van der Waals surface area contributed by atoms with E-state index < -0.39 is 12.0 Å². The summed E-state index contributed by atoms with van der Waals surface area (Å²) in [5.41, 5.74) is 0.715. The van der Waals surface area contributed by atoms with Crippen molar-refractivity contribution in [2.75, 3.05) is 6.54 Å². The smallest absolute Gasteiger partial charge is 0.326 e. The summed E-state index contributed by atoms with van der Waals surface area (Å²) in [6.07, 6.45) is 2.14. The SMILES string of the molecule is Cc1nc(CC(C)C)sc1C(=O)N1CCC[C@@H]1C(=O)O. The first-order valence-electron chi connectivity index (χ1n) is 6.90. The van der Waals surface area contributed by atoms with Crippen LogP contribution in [0.25, 0.3) is 0 Å². The van der Waals surface area contributed by atoms with E-state index in [1.165, 1.54) is 16.2 Å². The normalized spacial score (nSPS) is 18.8. The van der Waals surface area contributed by atoms with Gasteiger partial charge in [0.05, 0.1) is 10.7 Å². The highest BCUT2D eigenvalue weighted by molar-refractivity contribution is 7.13. The fourth-order valence-electron chi connectivity index (χ4n) is 2.48. The molecule has 0 saturated carbocycles. The van der Waals surface area contributed by atoms with E-state index in [2.05, 4.69) is 18.8 Å². The summed E-state index contributed by atoms with van der Waals surface area (Å²) < 4.78 is 0. The van der Waals surface area contributed by atoms with E-state index in [0.717, 1.165) is 17.8 Å². The number of aryl methyl sites for hydroxylation is 1. The average Bonchev–Trinajstić information content (AvgIpc) is 2.94. The maximum atomic E-state index is 12.5. The molecular weight excluding hydrogens is 276 g/mol. The van der Waals surface area contributed by atoms with Gasteiger partial charge >= 0.3 is 5.97 Å². The van der Waals surface area contributed by atoms with Gasteiger partial charge in [0.25, 0.3) is 5.91 Å². The van der Waals surface area contributed by atoms with E-state index in [9.17, 15) is 9.59 Å². The third-order valence-corrected chi connectivity index (χ3v) is 4.58. The monoisotopic (exact) mass is 296 g/mol. The van der Waals surface area contributed by atoms with Gasteiger partial charge in [-0.2, -0.15) is 0 Å². The molecule has 1 aromatic heterocycles. The second-order valence-corrected chi connectivity index (χ2v) is 6.70. The number of aliphatic carboxylic acids is 1. The van der Waals surface area contributed by atoms with Crippen LogP contribution in [-0.2, 0) is 11.2 Å². The Kier molecular flexibility index (Phi) is 4.42. The van der Waals surface area contributed by atoms with Crippen molar-refractivity contribution in [3.05, 3.63) is 15.6 Å². The van der Waals surface area contributed by atoms with Crippen molar-refractivity contribution >= 4 is 23.2 Å². The number of hydrogen-bond acceptors (Lipinski definition) is 4. The molecule has 2 heterocycles. The van der Waals surface area contributed by atoms with Gasteiger partial charge in [-0.15, -0.1) is 11.3 Å². The number of hydrogen-bond donors (Lipinski definition) is 1. The Morgan fingerprint density at radius 1 is 1.50 bits per heavy atom. The van der Waals surface area contributed by atoms with Gasteiger partial charge in [0.1, 0.15) is 10.9 Å². The number of carboxylic acids is 1. The average molecular weight is 296 g/mol. The Hall–Kier alpha value is -1.43. The van der Waals surface area contributed by atoms with Gasteiger partial charge in [-0.1, -0.05) is 13.8 Å². The fraction of sp³-hybridized carbons (Fsp3) is 0.643. The molecule has 0 radical (unpaired) electrons. The highest BCUT2D eigenvalue weighted by Crippen LogP contribution is 2.26. The first-order valence-corrected chi connectivity index (χ1v) is 7.72. The van der Waals surface area contributed by atoms with Crippen LogP contribution in [0.1, 0.15) is 47.1 Å². The van der Waals surface area contributed by atoms with Crippen LogP contribution in [0, 0.1) is 12.8 Å². The minimum Gasteiger partial charge on any atom is -0.480 e. The highest BCUT2D eigenvalue weighted by Gasteiger charge is 2.35. The van der Waals surface area contributed by atoms with Crippen molar-refractivity contribution < 1.29 is 14.7 Å². The number of rotatable bonds is 4. The second-order valence-electron chi connectivity index (χ2n) is 5.61. The van der Waals surface area contributed by atoms with Crippen LogP contribution in [0.5, 0.6) is 0 Å². The van der Waals surface area contributed by atoms with Crippen LogP contribution in [0.2, 0.25) is 0 Å². The van der Waals surface area contributed by atoms with Gasteiger partial charge in [-0.05, 0) is 25.7 Å². The lowest BCUT2D eigenvalue weighted by molar-refractivity contribution is -0.141. The first-order chi connectivity index (χ1) is 9.40. The molecule has 2 rings (SSSR count). The van der Waals surface area contributed by atoms with Gasteiger partial charge < -0.3 is 10.0 Å². The predicted molar refractivity (Wildman–Crippen MR) is 77.1 cm³/mol. The quantitative estimate of drug-likeness (QED) is 0.925. The largest absolute Gasteiger partial charge is 0.480 e. The standard InChI is InChI=1S/C14H20N2O3S/c1-8(2)7-11-15-9(3)12(20-11)13(17)16-6-4-5-10(16)14(18)19/h8,10H,4-7H2,1-3H3,(H,18,19)/t10-/m1/s1. The Morgan fingerprint density at radius 2 is 2.20 bits per heavy atom. The van der Waals surface area contributed by atoms with Crippen molar-refractivity contribution in [1.82, 2.24) is 9.88 Å². The van der Waals surface area contributed by atoms with Crippen molar-refractivity contribution in [1.29, 1.82) is 0 Å². The molecule has 20 heavy (non-hydrogen) atoms. The van der Waals surface area contributed by atoms with Crippen molar-refractivity contribution in [3.8, 4) is 0 Å². The zero-order valence-electron chi connectivity index (χ0n) is 12.0. The van der Waals surface area contributed by atoms with Gasteiger partial charge in [0.15, 0.2) is 0 Å². The lowest BCUT2D eigenvalue weighted by Gasteiger charge is -2.20. The summed E-state index contributed by atoms with van der Waals surface area (Å²) in [5.74, 6) is -0.609. The summed E-state index contributed by atoms with van der Waals surface area (Å²) in [6, 6.07) is -0.683. The number of carboxylic acid groups (broad SMARTS) is 1. The summed E-state index contributed by atoms with van der Waals surface area (Å²) in [4.78, 5) is 30.2. The molecule has 0 aromatic carbocycles. The zero-order valence-corrected chi connectivity index (χ0v) is 12.9. The third-order valence-electron chi connectivity index (χ3n) is 3.42. The van der Waals surface area contributed by atoms with Crippen LogP contribution in [0.15, 0.2) is 0 Å². The number of aromatic nitrogens is 1. The maximum absolute atomic E-state index is 12.5. The number of thiazole rings is 1. The van der Waals surface area contributed by atoms with Gasteiger partial charge in [0.2, 0.25) is 0 Å². The number of amides is 1. The zero-order chi connectivity index (χ0) is 14.9. The highest BCUT2D eigenvalue weighted by atomic mass is 32.1. The minimum absolute atomic E-state index is 0.181. The van der Waals surface area contributed by atoms with E-state index >= 15 is 0 Å². The molecule has 1 saturated heterocycles. The number of carbonyl (C=O) groups is 2. The van der Waals surface area contributed by atoms with E-state index in [4.69, 9.17) is 5.11 Å². The molecule has 5 nitrogen and oxygen atoms in total. The Morgan fingerprint density at radius 3 is 2.80 bits per heavy atom. The fourth-order valence-corrected chi connectivity index (χ4v) is 3.72. The number of carbonyl (C=O) groups excluding carboxylic acids is 1. The molecule has 0 spiro atoms. The van der Waals surface area contributed by atoms with Crippen LogP contribution >= 0.6 is 11.3 Å². The molecule has 1 amide bonds. The molecule has 110 valence electrons. The molecule has 1 aliphatic heterocycles. The number of nitrogens with zero attached hydrogens (tertiary/aromatic N) is 2. The van der Waals surface area contributed by atoms with Gasteiger partial charge in [0, 0.05) is 13.0 Å². The van der Waals surface area contributed by atoms with Gasteiger partial charge in [-0.3, -0.25) is 4.79 Å². The predicted octanol–water partition coefficient (Wildman–Crippen LogP) is 2.34. The van der Waals surface area contributed by atoms with Crippen LogP contribution in [-0.4, -0.2) is 39.5 Å². The van der Waals surface area contributed by atoms with E-state index in [-0.39, 0.29) is 5.91 Å². The van der Waals surface area contributed by atoms with Crippen LogP contribution in [0.4, 0.5) is 0 Å². The molecule has 1 atom stereocenters. The molecule has 0 unspecified atom stereocenters. The Labute approximate surface area is 122 Å². The first kappa shape index (κ1) is 15.0. The Bertz CT molecular complexity index is 524. The molecule has 6 heteroatoms. The van der Waals surface area contributed by atoms with E-state index in [0.29, 0.717) is 29.5 Å². The minimum atomic E-state index is -0.916. The number of likely N-dealkylation sites (tertiary alicyclic amines) is 1. The van der Waals surface area contributed by atoms with E-state index in [1.54, 1.807) is 0 Å². The molecular formula is C14H20N2O3S. The lowest BCUT2D eigenvalue weighted by atomic mass is 10.1. The van der Waals surface area contributed by atoms with Crippen molar-refractivity contribution in [3.63, 3.8) is 0 Å². The van der Waals surface area contributed by atoms with Crippen molar-refractivity contribution in [2.24, 2.45) is 5.92 Å². The van der Waals surface area contributed by atoms with E-state index in [1.807, 2.05) is 6.92 Å². The van der Waals surface area contributed by atoms with Gasteiger partial charge in [-0.25, -0.2) is 9.78 Å². The summed E-state index contributed by atoms with van der Waals surface area (Å²) in [5, 5.41) is 10.1. The summed E-state index contributed by atoms with van der Waals surface area (Å²) in [7, 11) is 0. The molecule has 1 aromatic rings. The maximum Gasteiger partial charge on any atom is 0.326 e. The molecule has 1 aliphatic rings. The topological polar surface area (TPSA) is 70.5 Å². The summed E-state index contributed by atoms with van der Waals surface area (Å²) in [6.45, 7) is 6.56. The molecule has 1 fully saturated rings. The Balaban J connectivity index is 2.20. The van der Waals surface area contributed by atoms with Crippen molar-refractivity contribution in [2.45, 2.75) is 46.1 Å². The molecule has 0 aliphatic carbocycles. The molecule has 1 N–H and O–H groups in total. The van der Waals surface area contributed by atoms with Crippen LogP contribution < -0.4 is 0 Å². The third kappa shape index (κ3) is 3.00. The second kappa shape index (κ2) is 5.91.